The molecule has 3 heterocycles. The van der Waals surface area contributed by atoms with E-state index in [9.17, 15) is 14.9 Å². The highest BCUT2D eigenvalue weighted by Crippen LogP contribution is 2.33. The molecule has 0 saturated heterocycles. The number of nitro groups is 1. The number of rotatable bonds is 2. The third-order valence-electron chi connectivity index (χ3n) is 4.33. The first-order valence-corrected chi connectivity index (χ1v) is 8.74. The second-order valence-corrected chi connectivity index (χ2v) is 6.99. The molecule has 0 aliphatic heterocycles. The zero-order valence-corrected chi connectivity index (χ0v) is 13.6. The fourth-order valence-electron chi connectivity index (χ4n) is 3.19. The summed E-state index contributed by atoms with van der Waals surface area (Å²) in [5, 5.41) is 11.4. The number of H-pyrrole nitrogens is 1. The number of thiophene rings is 1. The van der Waals surface area contributed by atoms with E-state index in [0.29, 0.717) is 10.2 Å². The van der Waals surface area contributed by atoms with E-state index in [1.165, 1.54) is 29.9 Å². The Balaban J connectivity index is 1.85. The van der Waals surface area contributed by atoms with Gasteiger partial charge >= 0.3 is 5.88 Å². The number of aromatic nitrogens is 2. The van der Waals surface area contributed by atoms with E-state index in [4.69, 9.17) is 4.42 Å². The Hall–Kier alpha value is -2.48. The van der Waals surface area contributed by atoms with Crippen LogP contribution in [0.15, 0.2) is 21.3 Å². The molecule has 3 aromatic heterocycles. The molecule has 1 aliphatic rings. The Morgan fingerprint density at radius 2 is 2.00 bits per heavy atom. The Morgan fingerprint density at radius 3 is 2.75 bits per heavy atom. The third kappa shape index (κ3) is 2.52. The van der Waals surface area contributed by atoms with Crippen molar-refractivity contribution in [2.45, 2.75) is 38.5 Å². The van der Waals surface area contributed by atoms with Gasteiger partial charge in [0.25, 0.3) is 5.56 Å². The SMILES string of the molecule is O=c1[nH]c(-c2ccc([N+](=O)[O-])o2)nc2sc3c(c12)CCCCCC3. The predicted octanol–water partition coefficient (Wildman–Crippen LogP) is 3.81. The van der Waals surface area contributed by atoms with Crippen LogP contribution < -0.4 is 5.56 Å². The summed E-state index contributed by atoms with van der Waals surface area (Å²) in [5.41, 5.74) is 0.924. The number of nitrogens with zero attached hydrogens (tertiary/aromatic N) is 2. The maximum atomic E-state index is 12.6. The second-order valence-electron chi connectivity index (χ2n) is 5.91. The van der Waals surface area contributed by atoms with Crippen LogP contribution in [0.25, 0.3) is 21.8 Å². The maximum absolute atomic E-state index is 12.6. The van der Waals surface area contributed by atoms with Crippen LogP contribution in [0, 0.1) is 10.1 Å². The first kappa shape index (κ1) is 15.1. The Kier molecular flexibility index (Phi) is 3.68. The molecular formula is C16H15N3O4S. The van der Waals surface area contributed by atoms with Crippen LogP contribution in [-0.2, 0) is 12.8 Å². The second kappa shape index (κ2) is 5.86. The molecule has 1 N–H and O–H groups in total. The summed E-state index contributed by atoms with van der Waals surface area (Å²) in [6, 6.07) is 2.71. The number of fused-ring (bicyclic) bond motifs is 3. The average molecular weight is 345 g/mol. The molecule has 3 aromatic rings. The molecule has 0 unspecified atom stereocenters. The molecule has 0 fully saturated rings. The van der Waals surface area contributed by atoms with E-state index >= 15 is 0 Å². The van der Waals surface area contributed by atoms with E-state index in [-0.39, 0.29) is 23.0 Å². The molecule has 0 radical (unpaired) electrons. The first-order valence-electron chi connectivity index (χ1n) is 7.92. The van der Waals surface area contributed by atoms with Crippen molar-refractivity contribution < 1.29 is 9.34 Å². The smallest absolute Gasteiger partial charge is 0.397 e. The number of furan rings is 1. The van der Waals surface area contributed by atoms with E-state index in [2.05, 4.69) is 9.97 Å². The van der Waals surface area contributed by atoms with Gasteiger partial charge in [0.15, 0.2) is 11.6 Å². The normalized spacial score (nSPS) is 15.0. The average Bonchev–Trinajstić information content (AvgIpc) is 3.12. The fourth-order valence-corrected chi connectivity index (χ4v) is 4.45. The lowest BCUT2D eigenvalue weighted by Crippen LogP contribution is -2.10. The molecule has 24 heavy (non-hydrogen) atoms. The van der Waals surface area contributed by atoms with Crippen molar-refractivity contribution in [1.29, 1.82) is 0 Å². The van der Waals surface area contributed by atoms with E-state index in [1.54, 1.807) is 11.3 Å². The molecule has 0 saturated carbocycles. The lowest BCUT2D eigenvalue weighted by molar-refractivity contribution is -0.401. The van der Waals surface area contributed by atoms with Crippen LogP contribution in [0.4, 0.5) is 5.88 Å². The van der Waals surface area contributed by atoms with Crippen molar-refractivity contribution in [3.63, 3.8) is 0 Å². The minimum atomic E-state index is -0.614. The van der Waals surface area contributed by atoms with Crippen molar-refractivity contribution in [2.24, 2.45) is 0 Å². The zero-order valence-electron chi connectivity index (χ0n) is 12.8. The quantitative estimate of drug-likeness (QED) is 0.562. The fraction of sp³-hybridized carbons (Fsp3) is 0.375. The summed E-state index contributed by atoms with van der Waals surface area (Å²) in [7, 11) is 0. The molecule has 124 valence electrons. The molecule has 8 heteroatoms. The van der Waals surface area contributed by atoms with Crippen LogP contribution in [0.1, 0.15) is 36.1 Å². The molecule has 4 rings (SSSR count). The van der Waals surface area contributed by atoms with Crippen LogP contribution >= 0.6 is 11.3 Å². The molecule has 1 aliphatic carbocycles. The molecular weight excluding hydrogens is 330 g/mol. The van der Waals surface area contributed by atoms with Crippen molar-refractivity contribution >= 4 is 27.4 Å². The Labute approximate surface area is 140 Å². The summed E-state index contributed by atoms with van der Waals surface area (Å²) in [4.78, 5) is 31.8. The highest BCUT2D eigenvalue weighted by molar-refractivity contribution is 7.18. The number of hydrogen-bond donors (Lipinski definition) is 1. The minimum absolute atomic E-state index is 0.196. The van der Waals surface area contributed by atoms with E-state index in [1.807, 2.05) is 0 Å². The number of hydrogen-bond acceptors (Lipinski definition) is 6. The Morgan fingerprint density at radius 1 is 1.21 bits per heavy atom. The lowest BCUT2D eigenvalue weighted by atomic mass is 9.98. The number of aryl methyl sites for hydroxylation is 2. The molecule has 0 aromatic carbocycles. The summed E-state index contributed by atoms with van der Waals surface area (Å²) in [5.74, 6) is 0.0579. The Bertz CT molecular complexity index is 985. The number of nitrogens with one attached hydrogen (secondary N) is 1. The van der Waals surface area contributed by atoms with Crippen molar-refractivity contribution in [3.8, 4) is 11.6 Å². The van der Waals surface area contributed by atoms with Gasteiger partial charge in [-0.3, -0.25) is 14.9 Å². The van der Waals surface area contributed by atoms with Crippen LogP contribution in [0.2, 0.25) is 0 Å². The molecule has 7 nitrogen and oxygen atoms in total. The monoisotopic (exact) mass is 345 g/mol. The van der Waals surface area contributed by atoms with Crippen molar-refractivity contribution in [2.75, 3.05) is 0 Å². The van der Waals surface area contributed by atoms with Gasteiger partial charge in [-0.05, 0) is 37.3 Å². The minimum Gasteiger partial charge on any atom is -0.397 e. The van der Waals surface area contributed by atoms with Gasteiger partial charge in [-0.2, -0.15) is 0 Å². The summed E-state index contributed by atoms with van der Waals surface area (Å²) < 4.78 is 5.15. The zero-order chi connectivity index (χ0) is 16.7. The highest BCUT2D eigenvalue weighted by Gasteiger charge is 2.20. The van der Waals surface area contributed by atoms with Crippen LogP contribution in [0.3, 0.4) is 0 Å². The van der Waals surface area contributed by atoms with Crippen LogP contribution in [-0.4, -0.2) is 14.9 Å². The molecule has 0 bridgehead atoms. The van der Waals surface area contributed by atoms with Gasteiger partial charge in [0.1, 0.15) is 9.75 Å². The molecule has 0 spiro atoms. The van der Waals surface area contributed by atoms with E-state index in [0.717, 1.165) is 31.2 Å². The van der Waals surface area contributed by atoms with Crippen molar-refractivity contribution in [1.82, 2.24) is 9.97 Å². The molecule has 0 amide bonds. The van der Waals surface area contributed by atoms with Gasteiger partial charge in [-0.15, -0.1) is 11.3 Å². The summed E-state index contributed by atoms with van der Waals surface area (Å²) >= 11 is 1.55. The largest absolute Gasteiger partial charge is 0.433 e. The topological polar surface area (TPSA) is 102 Å². The van der Waals surface area contributed by atoms with Gasteiger partial charge in [-0.25, -0.2) is 4.98 Å². The maximum Gasteiger partial charge on any atom is 0.433 e. The predicted molar refractivity (Wildman–Crippen MR) is 90.5 cm³/mol. The third-order valence-corrected chi connectivity index (χ3v) is 5.52. The lowest BCUT2D eigenvalue weighted by Gasteiger charge is -2.08. The van der Waals surface area contributed by atoms with Crippen molar-refractivity contribution in [3.05, 3.63) is 43.0 Å². The van der Waals surface area contributed by atoms with Gasteiger partial charge in [-0.1, -0.05) is 12.8 Å². The summed E-state index contributed by atoms with van der Waals surface area (Å²) in [6.07, 6.45) is 6.53. The molecule has 0 atom stereocenters. The van der Waals surface area contributed by atoms with Gasteiger partial charge in [0.2, 0.25) is 0 Å². The number of aromatic amines is 1. The van der Waals surface area contributed by atoms with Gasteiger partial charge < -0.3 is 9.40 Å². The highest BCUT2D eigenvalue weighted by atomic mass is 32.1. The van der Waals surface area contributed by atoms with Gasteiger partial charge in [0, 0.05) is 4.88 Å². The van der Waals surface area contributed by atoms with Crippen LogP contribution in [0.5, 0.6) is 0 Å². The summed E-state index contributed by atoms with van der Waals surface area (Å²) in [6.45, 7) is 0. The van der Waals surface area contributed by atoms with Gasteiger partial charge in [0.05, 0.1) is 11.5 Å². The standard InChI is InChI=1S/C16H15N3O4S/c20-15-13-9-5-3-1-2-4-6-11(9)24-16(13)18-14(17-15)10-7-8-12(23-10)19(21)22/h7-8H,1-6H2,(H,17,18,20). The first-order chi connectivity index (χ1) is 11.6. The van der Waals surface area contributed by atoms with E-state index < -0.39 is 4.92 Å².